The highest BCUT2D eigenvalue weighted by Gasteiger charge is 2.46. The van der Waals surface area contributed by atoms with Crippen LogP contribution in [0, 0.1) is 10.1 Å². The summed E-state index contributed by atoms with van der Waals surface area (Å²) in [5.41, 5.74) is 1.82. The van der Waals surface area contributed by atoms with Crippen molar-refractivity contribution in [3.8, 4) is 0 Å². The van der Waals surface area contributed by atoms with Gasteiger partial charge in [0.1, 0.15) is 5.60 Å². The van der Waals surface area contributed by atoms with Crippen molar-refractivity contribution < 1.29 is 29.1 Å². The third-order valence-corrected chi connectivity index (χ3v) is 8.33. The number of carbonyl (C=O) groups excluding carboxylic acids is 2. The van der Waals surface area contributed by atoms with Gasteiger partial charge in [0.05, 0.1) is 22.4 Å². The van der Waals surface area contributed by atoms with Crippen molar-refractivity contribution in [3.05, 3.63) is 52.1 Å². The first-order valence-corrected chi connectivity index (χ1v) is 13.9. The quantitative estimate of drug-likeness (QED) is 0.288. The number of rotatable bonds is 4. The van der Waals surface area contributed by atoms with Crippen molar-refractivity contribution in [2.45, 2.75) is 86.6 Å². The summed E-state index contributed by atoms with van der Waals surface area (Å²) >= 11 is 1.40. The summed E-state index contributed by atoms with van der Waals surface area (Å²) in [6.07, 6.45) is 1.70. The molecule has 0 bridgehead atoms. The number of nitro groups is 1. The fourth-order valence-corrected chi connectivity index (χ4v) is 6.50. The van der Waals surface area contributed by atoms with E-state index in [0.29, 0.717) is 49.4 Å². The van der Waals surface area contributed by atoms with E-state index in [1.807, 2.05) is 39.0 Å². The van der Waals surface area contributed by atoms with Gasteiger partial charge in [-0.25, -0.2) is 4.79 Å². The maximum atomic E-state index is 12.5. The highest BCUT2D eigenvalue weighted by atomic mass is 32.2. The molecule has 0 radical (unpaired) electrons. The molecule has 208 valence electrons. The summed E-state index contributed by atoms with van der Waals surface area (Å²) in [6.45, 7) is 8.04. The zero-order valence-corrected chi connectivity index (χ0v) is 23.3. The van der Waals surface area contributed by atoms with Gasteiger partial charge in [-0.3, -0.25) is 19.8 Å². The number of carbonyl (C=O) groups is 2. The summed E-state index contributed by atoms with van der Waals surface area (Å²) in [6, 6.07) is 10.4. The Balaban J connectivity index is 1.22. The summed E-state index contributed by atoms with van der Waals surface area (Å²) in [4.78, 5) is 40.4. The van der Waals surface area contributed by atoms with E-state index >= 15 is 0 Å². The number of nitrogens with zero attached hydrogens (tertiary/aromatic N) is 3. The molecule has 2 heterocycles. The van der Waals surface area contributed by atoms with Crippen molar-refractivity contribution in [2.75, 3.05) is 18.0 Å². The van der Waals surface area contributed by atoms with E-state index in [1.54, 1.807) is 15.9 Å². The zero-order chi connectivity index (χ0) is 28.1. The van der Waals surface area contributed by atoms with E-state index < -0.39 is 16.3 Å². The maximum absolute atomic E-state index is 12.5. The van der Waals surface area contributed by atoms with Crippen LogP contribution in [0.4, 0.5) is 21.9 Å². The summed E-state index contributed by atoms with van der Waals surface area (Å²) in [5, 5.41) is 22.3. The normalized spacial score (nSPS) is 22.9. The van der Waals surface area contributed by atoms with Gasteiger partial charge in [0, 0.05) is 54.8 Å². The van der Waals surface area contributed by atoms with Crippen molar-refractivity contribution in [2.24, 2.45) is 0 Å². The lowest BCUT2D eigenvalue weighted by Crippen LogP contribution is -2.50. The standard InChI is InChI=1S/C28H33N3O7S/c1-17(32)30-22-7-5-18(13-24(22)39-25-14-20(31(35)36)6-8-23(25)30)19-15-28(34,16-19)37-21-9-11-29(12-10-21)26(33)38-27(2,3)4/h5-8,13-14,19,21,34H,9-12,15-16H2,1-4H3. The highest BCUT2D eigenvalue weighted by Crippen LogP contribution is 2.52. The van der Waals surface area contributed by atoms with Crippen molar-refractivity contribution in [1.29, 1.82) is 0 Å². The van der Waals surface area contributed by atoms with Crippen LogP contribution in [-0.2, 0) is 14.3 Å². The van der Waals surface area contributed by atoms with Gasteiger partial charge in [-0.2, -0.15) is 0 Å². The molecule has 0 unspecified atom stereocenters. The lowest BCUT2D eigenvalue weighted by Gasteiger charge is -2.46. The van der Waals surface area contributed by atoms with Gasteiger partial charge in [0.25, 0.3) is 5.69 Å². The molecule has 0 aromatic heterocycles. The molecule has 5 rings (SSSR count). The number of likely N-dealkylation sites (tertiary alicyclic amines) is 1. The zero-order valence-electron chi connectivity index (χ0n) is 22.5. The fourth-order valence-electron chi connectivity index (χ4n) is 5.36. The third-order valence-electron chi connectivity index (χ3n) is 7.24. The number of fused-ring (bicyclic) bond motifs is 2. The SMILES string of the molecule is CC(=O)N1c2ccc(C3CC(O)(OC4CCN(C(=O)OC(C)(C)C)CC4)C3)cc2Sc2cc([N+](=O)[O-])ccc21. The summed E-state index contributed by atoms with van der Waals surface area (Å²) in [7, 11) is 0. The number of benzene rings is 2. The third kappa shape index (κ3) is 5.75. The van der Waals surface area contributed by atoms with E-state index in [-0.39, 0.29) is 29.7 Å². The Morgan fingerprint density at radius 3 is 2.28 bits per heavy atom. The Morgan fingerprint density at radius 1 is 1.08 bits per heavy atom. The summed E-state index contributed by atoms with van der Waals surface area (Å²) < 4.78 is 11.5. The van der Waals surface area contributed by atoms with E-state index in [0.717, 1.165) is 16.1 Å². The maximum Gasteiger partial charge on any atom is 0.410 e. The second-order valence-corrected chi connectivity index (χ2v) is 12.5. The van der Waals surface area contributed by atoms with Crippen LogP contribution < -0.4 is 4.90 Å². The fraction of sp³-hybridized carbons (Fsp3) is 0.500. The number of anilines is 2. The second-order valence-electron chi connectivity index (χ2n) is 11.4. The molecule has 2 amide bonds. The van der Waals surface area contributed by atoms with Crippen molar-refractivity contribution >= 4 is 40.8 Å². The Morgan fingerprint density at radius 2 is 1.69 bits per heavy atom. The van der Waals surface area contributed by atoms with E-state index in [2.05, 4.69) is 0 Å². The van der Waals surface area contributed by atoms with Crippen LogP contribution in [0.25, 0.3) is 0 Å². The average Bonchev–Trinajstić information content (AvgIpc) is 2.84. The molecular weight excluding hydrogens is 522 g/mol. The highest BCUT2D eigenvalue weighted by molar-refractivity contribution is 7.99. The number of piperidine rings is 1. The second kappa shape index (κ2) is 10.1. The van der Waals surface area contributed by atoms with Crippen molar-refractivity contribution in [1.82, 2.24) is 4.90 Å². The average molecular weight is 556 g/mol. The van der Waals surface area contributed by atoms with Gasteiger partial charge >= 0.3 is 6.09 Å². The Labute approximate surface area is 231 Å². The monoisotopic (exact) mass is 555 g/mol. The number of non-ortho nitro benzene ring substituents is 1. The molecule has 2 aromatic carbocycles. The van der Waals surface area contributed by atoms with E-state index in [1.165, 1.54) is 30.8 Å². The van der Waals surface area contributed by atoms with Crippen LogP contribution in [0.3, 0.4) is 0 Å². The minimum atomic E-state index is -1.22. The smallest absolute Gasteiger partial charge is 0.410 e. The van der Waals surface area contributed by atoms with Crippen LogP contribution in [0.1, 0.15) is 64.9 Å². The Bertz CT molecular complexity index is 1310. The number of nitro benzene ring substituents is 1. The first-order valence-electron chi connectivity index (χ1n) is 13.1. The number of aliphatic hydroxyl groups is 1. The molecule has 0 spiro atoms. The molecule has 1 aliphatic carbocycles. The molecular formula is C28H33N3O7S. The molecule has 0 atom stereocenters. The topological polar surface area (TPSA) is 122 Å². The van der Waals surface area contributed by atoms with E-state index in [9.17, 15) is 24.8 Å². The predicted octanol–water partition coefficient (Wildman–Crippen LogP) is 5.73. The number of amides is 2. The molecule has 2 fully saturated rings. The van der Waals surface area contributed by atoms with Crippen molar-refractivity contribution in [3.63, 3.8) is 0 Å². The molecule has 1 saturated carbocycles. The van der Waals surface area contributed by atoms with Gasteiger partial charge < -0.3 is 19.5 Å². The number of ether oxygens (including phenoxy) is 2. The van der Waals surface area contributed by atoms with Gasteiger partial charge in [-0.1, -0.05) is 17.8 Å². The van der Waals surface area contributed by atoms with Gasteiger partial charge in [0.2, 0.25) is 5.91 Å². The molecule has 11 heteroatoms. The predicted molar refractivity (Wildman–Crippen MR) is 145 cm³/mol. The number of hydrogen-bond donors (Lipinski definition) is 1. The van der Waals surface area contributed by atoms with Crippen LogP contribution >= 0.6 is 11.8 Å². The molecule has 39 heavy (non-hydrogen) atoms. The first kappa shape index (κ1) is 27.4. The Hall–Kier alpha value is -3.15. The van der Waals surface area contributed by atoms with Crippen LogP contribution in [0.5, 0.6) is 0 Å². The van der Waals surface area contributed by atoms with Crippen LogP contribution in [-0.4, -0.2) is 57.5 Å². The van der Waals surface area contributed by atoms with Gasteiger partial charge in [-0.05, 0) is 63.3 Å². The molecule has 2 aliphatic heterocycles. The summed E-state index contributed by atoms with van der Waals surface area (Å²) in [5.74, 6) is -1.31. The molecule has 1 N–H and O–H groups in total. The lowest BCUT2D eigenvalue weighted by atomic mass is 9.74. The van der Waals surface area contributed by atoms with Crippen LogP contribution in [0.15, 0.2) is 46.2 Å². The lowest BCUT2D eigenvalue weighted by molar-refractivity contribution is -0.385. The molecule has 2 aromatic rings. The molecule has 10 nitrogen and oxygen atoms in total. The van der Waals surface area contributed by atoms with Gasteiger partial charge in [0.15, 0.2) is 5.79 Å². The molecule has 1 saturated heterocycles. The van der Waals surface area contributed by atoms with Gasteiger partial charge in [-0.15, -0.1) is 0 Å². The largest absolute Gasteiger partial charge is 0.444 e. The Kier molecular flexibility index (Phi) is 7.11. The first-order chi connectivity index (χ1) is 18.3. The van der Waals surface area contributed by atoms with Crippen LogP contribution in [0.2, 0.25) is 0 Å². The van der Waals surface area contributed by atoms with E-state index in [4.69, 9.17) is 9.47 Å². The minimum Gasteiger partial charge on any atom is -0.444 e. The number of hydrogen-bond acceptors (Lipinski definition) is 8. The minimum absolute atomic E-state index is 0.0255. The molecule has 3 aliphatic rings.